The monoisotopic (exact) mass is 404 g/mol. The third kappa shape index (κ3) is 3.43. The van der Waals surface area contributed by atoms with Crippen molar-refractivity contribution in [2.24, 2.45) is 5.92 Å². The van der Waals surface area contributed by atoms with Gasteiger partial charge < -0.3 is 14.5 Å². The molecule has 2 fully saturated rings. The van der Waals surface area contributed by atoms with Crippen LogP contribution in [0, 0.1) is 5.92 Å². The first-order chi connectivity index (χ1) is 13.4. The topological polar surface area (TPSA) is 49.9 Å². The largest absolute Gasteiger partial charge is 0.381 e. The molecule has 2 amide bonds. The Bertz CT molecular complexity index is 773. The molecule has 1 saturated heterocycles. The number of piperidine rings is 1. The highest BCUT2D eigenvalue weighted by atomic mass is 35.5. The normalized spacial score (nSPS) is 26.4. The third-order valence-electron chi connectivity index (χ3n) is 7.00. The molecule has 28 heavy (non-hydrogen) atoms. The van der Waals surface area contributed by atoms with E-state index in [2.05, 4.69) is 0 Å². The number of carbonyl (C=O) groups is 2. The molecule has 152 valence electrons. The molecule has 0 aromatic heterocycles. The molecule has 0 bridgehead atoms. The lowest BCUT2D eigenvalue weighted by Crippen LogP contribution is -2.49. The molecule has 0 radical (unpaired) electrons. The molecule has 2 heterocycles. The quantitative estimate of drug-likeness (QED) is 0.753. The highest BCUT2D eigenvalue weighted by Gasteiger charge is 2.47. The number of hydrogen-bond acceptors (Lipinski definition) is 3. The van der Waals surface area contributed by atoms with E-state index in [-0.39, 0.29) is 29.3 Å². The summed E-state index contributed by atoms with van der Waals surface area (Å²) in [6, 6.07) is 5.82. The predicted molar refractivity (Wildman–Crippen MR) is 110 cm³/mol. The van der Waals surface area contributed by atoms with Gasteiger partial charge in [0.05, 0.1) is 6.10 Å². The summed E-state index contributed by atoms with van der Waals surface area (Å²) in [6.07, 6.45) is 5.89. The van der Waals surface area contributed by atoms with Crippen molar-refractivity contribution < 1.29 is 14.3 Å². The van der Waals surface area contributed by atoms with Gasteiger partial charge in [0.25, 0.3) is 0 Å². The first-order valence-electron chi connectivity index (χ1n) is 10.3. The maximum absolute atomic E-state index is 13.1. The molecular weight excluding hydrogens is 376 g/mol. The molecule has 1 aromatic rings. The average molecular weight is 405 g/mol. The van der Waals surface area contributed by atoms with Crippen molar-refractivity contribution >= 4 is 29.1 Å². The number of hydrogen-bond donors (Lipinski definition) is 0. The molecule has 2 atom stereocenters. The number of fused-ring (bicyclic) bond motifs is 2. The lowest BCUT2D eigenvalue weighted by atomic mass is 9.74. The Hall–Kier alpha value is -1.59. The fourth-order valence-electron chi connectivity index (χ4n) is 5.35. The third-order valence-corrected chi connectivity index (χ3v) is 7.24. The van der Waals surface area contributed by atoms with E-state index >= 15 is 0 Å². The Labute approximate surface area is 172 Å². The van der Waals surface area contributed by atoms with E-state index in [1.165, 1.54) is 5.56 Å². The maximum atomic E-state index is 13.1. The van der Waals surface area contributed by atoms with Crippen molar-refractivity contribution in [3.05, 3.63) is 28.8 Å². The fraction of sp³-hybridized carbons (Fsp3) is 0.636. The SMILES string of the molecule is COC1CCCC(C(=O)N2CCC3(CC2)CN(C(C)=O)c2ccc(Cl)cc23)C1. The van der Waals surface area contributed by atoms with Gasteiger partial charge in [-0.3, -0.25) is 9.59 Å². The molecule has 2 unspecified atom stereocenters. The van der Waals surface area contributed by atoms with E-state index in [1.807, 2.05) is 28.0 Å². The number of carbonyl (C=O) groups excluding carboxylic acids is 2. The van der Waals surface area contributed by atoms with Gasteiger partial charge in [-0.25, -0.2) is 0 Å². The van der Waals surface area contributed by atoms with Gasteiger partial charge in [0.1, 0.15) is 0 Å². The Kier molecular flexibility index (Phi) is 5.41. The second kappa shape index (κ2) is 7.68. The van der Waals surface area contributed by atoms with Gasteiger partial charge in [-0.1, -0.05) is 18.0 Å². The van der Waals surface area contributed by atoms with Crippen molar-refractivity contribution in [3.8, 4) is 0 Å². The highest BCUT2D eigenvalue weighted by Crippen LogP contribution is 2.48. The van der Waals surface area contributed by atoms with E-state index in [4.69, 9.17) is 16.3 Å². The fourth-order valence-corrected chi connectivity index (χ4v) is 5.52. The van der Waals surface area contributed by atoms with Crippen LogP contribution in [0.5, 0.6) is 0 Å². The number of benzene rings is 1. The molecule has 6 heteroatoms. The number of amides is 2. The minimum Gasteiger partial charge on any atom is -0.381 e. The highest BCUT2D eigenvalue weighted by molar-refractivity contribution is 6.30. The van der Waals surface area contributed by atoms with Crippen molar-refractivity contribution in [2.45, 2.75) is 57.0 Å². The number of nitrogens with zero attached hydrogens (tertiary/aromatic N) is 2. The van der Waals surface area contributed by atoms with Crippen LogP contribution in [0.4, 0.5) is 5.69 Å². The summed E-state index contributed by atoms with van der Waals surface area (Å²) >= 11 is 6.28. The van der Waals surface area contributed by atoms with Crippen LogP contribution in [0.3, 0.4) is 0 Å². The molecule has 1 aromatic carbocycles. The van der Waals surface area contributed by atoms with E-state index in [1.54, 1.807) is 14.0 Å². The molecule has 5 nitrogen and oxygen atoms in total. The van der Waals surface area contributed by atoms with Crippen LogP contribution >= 0.6 is 11.6 Å². The summed E-state index contributed by atoms with van der Waals surface area (Å²) in [5.41, 5.74) is 2.05. The molecule has 1 saturated carbocycles. The number of anilines is 1. The Morgan fingerprint density at radius 2 is 1.96 bits per heavy atom. The summed E-state index contributed by atoms with van der Waals surface area (Å²) in [5, 5.41) is 0.704. The molecule has 4 rings (SSSR count). The van der Waals surface area contributed by atoms with Crippen LogP contribution in [0.2, 0.25) is 5.02 Å². The zero-order valence-corrected chi connectivity index (χ0v) is 17.5. The molecule has 1 spiro atoms. The van der Waals surface area contributed by atoms with E-state index in [0.717, 1.165) is 57.3 Å². The first kappa shape index (κ1) is 19.7. The molecule has 2 aliphatic heterocycles. The number of methoxy groups -OCH3 is 1. The van der Waals surface area contributed by atoms with Crippen molar-refractivity contribution in [1.29, 1.82) is 0 Å². The number of ether oxygens (including phenoxy) is 1. The van der Waals surface area contributed by atoms with Gasteiger partial charge in [0.15, 0.2) is 0 Å². The van der Waals surface area contributed by atoms with Crippen LogP contribution < -0.4 is 4.90 Å². The average Bonchev–Trinajstić information content (AvgIpc) is 3.02. The van der Waals surface area contributed by atoms with Gasteiger partial charge in [-0.05, 0) is 55.9 Å². The second-order valence-corrected chi connectivity index (χ2v) is 9.03. The lowest BCUT2D eigenvalue weighted by Gasteiger charge is -2.41. The van der Waals surface area contributed by atoms with E-state index in [0.29, 0.717) is 11.6 Å². The van der Waals surface area contributed by atoms with Gasteiger partial charge >= 0.3 is 0 Å². The standard InChI is InChI=1S/C22H29ClN2O3/c1-15(26)25-14-22(19-13-17(23)6-7-20(19)25)8-10-24(11-9-22)21(27)16-4-3-5-18(12-16)28-2/h6-7,13,16,18H,3-5,8-12,14H2,1-2H3. The summed E-state index contributed by atoms with van der Waals surface area (Å²) in [6.45, 7) is 3.79. The van der Waals surface area contributed by atoms with Crippen LogP contribution in [0.25, 0.3) is 0 Å². The molecule has 1 aliphatic carbocycles. The molecule has 3 aliphatic rings. The van der Waals surface area contributed by atoms with Crippen LogP contribution in [-0.4, -0.2) is 49.6 Å². The molecule has 0 N–H and O–H groups in total. The Morgan fingerprint density at radius 3 is 2.64 bits per heavy atom. The lowest BCUT2D eigenvalue weighted by molar-refractivity contribution is -0.139. The van der Waals surface area contributed by atoms with Gasteiger partial charge in [0.2, 0.25) is 11.8 Å². The summed E-state index contributed by atoms with van der Waals surface area (Å²) in [5.74, 6) is 0.433. The summed E-state index contributed by atoms with van der Waals surface area (Å²) in [7, 11) is 1.74. The number of likely N-dealkylation sites (tertiary alicyclic amines) is 1. The minimum atomic E-state index is -0.0929. The van der Waals surface area contributed by atoms with Crippen molar-refractivity contribution in [2.75, 3.05) is 31.6 Å². The summed E-state index contributed by atoms with van der Waals surface area (Å²) < 4.78 is 5.50. The summed E-state index contributed by atoms with van der Waals surface area (Å²) in [4.78, 5) is 29.2. The smallest absolute Gasteiger partial charge is 0.225 e. The minimum absolute atomic E-state index is 0.0618. The number of rotatable bonds is 2. The predicted octanol–water partition coefficient (Wildman–Crippen LogP) is 3.77. The van der Waals surface area contributed by atoms with Crippen LogP contribution in [0.1, 0.15) is 51.0 Å². The molecular formula is C22H29ClN2O3. The van der Waals surface area contributed by atoms with E-state index in [9.17, 15) is 9.59 Å². The van der Waals surface area contributed by atoms with Crippen LogP contribution in [-0.2, 0) is 19.7 Å². The zero-order valence-electron chi connectivity index (χ0n) is 16.7. The van der Waals surface area contributed by atoms with Gasteiger partial charge in [0, 0.05) is 55.7 Å². The second-order valence-electron chi connectivity index (χ2n) is 8.59. The van der Waals surface area contributed by atoms with Gasteiger partial charge in [-0.2, -0.15) is 0 Å². The van der Waals surface area contributed by atoms with Crippen molar-refractivity contribution in [3.63, 3.8) is 0 Å². The number of halogens is 1. The van der Waals surface area contributed by atoms with Crippen molar-refractivity contribution in [1.82, 2.24) is 4.90 Å². The van der Waals surface area contributed by atoms with Crippen LogP contribution in [0.15, 0.2) is 18.2 Å². The van der Waals surface area contributed by atoms with E-state index < -0.39 is 0 Å². The maximum Gasteiger partial charge on any atom is 0.225 e. The zero-order chi connectivity index (χ0) is 19.9. The Balaban J connectivity index is 1.49. The van der Waals surface area contributed by atoms with Gasteiger partial charge in [-0.15, -0.1) is 0 Å². The first-order valence-corrected chi connectivity index (χ1v) is 10.7. The Morgan fingerprint density at radius 1 is 1.21 bits per heavy atom.